The lowest BCUT2D eigenvalue weighted by Gasteiger charge is -1.96. The number of ether oxygens (including phenoxy) is 1. The van der Waals surface area contributed by atoms with Gasteiger partial charge < -0.3 is 9.26 Å². The molecule has 0 saturated heterocycles. The largest absolute Gasteiger partial charge is 0.463 e. The fraction of sp³-hybridized carbons (Fsp3) is 0.375. The minimum absolute atomic E-state index is 0.187. The molecule has 1 heterocycles. The van der Waals surface area contributed by atoms with Crippen LogP contribution >= 0.6 is 0 Å². The van der Waals surface area contributed by atoms with Gasteiger partial charge in [-0.3, -0.25) is 4.79 Å². The van der Waals surface area contributed by atoms with E-state index in [1.807, 2.05) is 0 Å². The lowest BCUT2D eigenvalue weighted by atomic mass is 10.1. The Balaban J connectivity index is 3.08. The average Bonchev–Trinajstić information content (AvgIpc) is 2.44. The Kier molecular flexibility index (Phi) is 2.46. The number of Topliss-reactive ketones (excluding diaryl/α,β-unsaturated/α-hetero) is 1. The molecule has 0 radical (unpaired) electrons. The van der Waals surface area contributed by atoms with E-state index >= 15 is 0 Å². The Morgan fingerprint density at radius 2 is 2.00 bits per heavy atom. The molecule has 0 aliphatic heterocycles. The number of rotatable bonds is 2. The maximum absolute atomic E-state index is 11.3. The van der Waals surface area contributed by atoms with E-state index in [0.29, 0.717) is 11.5 Å². The number of hydrogen-bond acceptors (Lipinski definition) is 5. The number of ketones is 1. The summed E-state index contributed by atoms with van der Waals surface area (Å²) in [7, 11) is 1.15. The molecule has 1 aromatic rings. The van der Waals surface area contributed by atoms with Gasteiger partial charge in [0.05, 0.1) is 18.4 Å². The molecule has 0 bridgehead atoms. The minimum Gasteiger partial charge on any atom is -0.463 e. The van der Waals surface area contributed by atoms with E-state index in [0.717, 1.165) is 7.11 Å². The molecule has 1 aromatic heterocycles. The second kappa shape index (κ2) is 3.38. The van der Waals surface area contributed by atoms with Crippen molar-refractivity contribution in [2.45, 2.75) is 13.8 Å². The zero-order chi connectivity index (χ0) is 10.0. The van der Waals surface area contributed by atoms with Gasteiger partial charge in [0.15, 0.2) is 0 Å². The van der Waals surface area contributed by atoms with Gasteiger partial charge in [0.2, 0.25) is 0 Å². The Labute approximate surface area is 74.7 Å². The molecule has 0 saturated carbocycles. The predicted octanol–water partition coefficient (Wildman–Crippen LogP) is 0.647. The highest BCUT2D eigenvalue weighted by Gasteiger charge is 2.24. The van der Waals surface area contributed by atoms with E-state index in [9.17, 15) is 9.59 Å². The van der Waals surface area contributed by atoms with Crippen LogP contribution in [0, 0.1) is 13.8 Å². The van der Waals surface area contributed by atoms with E-state index < -0.39 is 11.8 Å². The van der Waals surface area contributed by atoms with Gasteiger partial charge in [0.25, 0.3) is 5.78 Å². The molecule has 0 atom stereocenters. The minimum atomic E-state index is -0.908. The summed E-state index contributed by atoms with van der Waals surface area (Å²) in [5, 5.41) is 3.55. The summed E-state index contributed by atoms with van der Waals surface area (Å²) in [5.74, 6) is -1.30. The summed E-state index contributed by atoms with van der Waals surface area (Å²) in [4.78, 5) is 22.2. The van der Waals surface area contributed by atoms with Crippen LogP contribution in [0.15, 0.2) is 4.52 Å². The van der Waals surface area contributed by atoms with Crippen molar-refractivity contribution in [3.63, 3.8) is 0 Å². The topological polar surface area (TPSA) is 69.4 Å². The number of carbonyl (C=O) groups is 2. The molecule has 0 aliphatic rings. The zero-order valence-electron chi connectivity index (χ0n) is 7.58. The van der Waals surface area contributed by atoms with Crippen molar-refractivity contribution in [1.29, 1.82) is 0 Å². The van der Waals surface area contributed by atoms with Crippen LogP contribution in [0.2, 0.25) is 0 Å². The van der Waals surface area contributed by atoms with Gasteiger partial charge in [-0.1, -0.05) is 5.16 Å². The van der Waals surface area contributed by atoms with Crippen LogP contribution in [0.5, 0.6) is 0 Å². The van der Waals surface area contributed by atoms with Crippen molar-refractivity contribution < 1.29 is 18.8 Å². The van der Waals surface area contributed by atoms with Crippen molar-refractivity contribution in [2.24, 2.45) is 0 Å². The monoisotopic (exact) mass is 183 g/mol. The van der Waals surface area contributed by atoms with Crippen molar-refractivity contribution in [3.8, 4) is 0 Å². The Hall–Kier alpha value is -1.65. The van der Waals surface area contributed by atoms with Gasteiger partial charge in [-0.15, -0.1) is 0 Å². The Morgan fingerprint density at radius 1 is 1.38 bits per heavy atom. The number of aryl methyl sites for hydroxylation is 2. The molecule has 70 valence electrons. The highest BCUT2D eigenvalue weighted by Crippen LogP contribution is 2.13. The molecule has 1 rings (SSSR count). The van der Waals surface area contributed by atoms with E-state index in [1.54, 1.807) is 13.8 Å². The van der Waals surface area contributed by atoms with Gasteiger partial charge in [-0.25, -0.2) is 4.79 Å². The fourth-order valence-corrected chi connectivity index (χ4v) is 1.00. The normalized spacial score (nSPS) is 9.77. The van der Waals surface area contributed by atoms with Crippen LogP contribution < -0.4 is 0 Å². The summed E-state index contributed by atoms with van der Waals surface area (Å²) in [6.07, 6.45) is 0. The molecule has 0 aromatic carbocycles. The van der Waals surface area contributed by atoms with Crippen LogP contribution in [0.1, 0.15) is 21.8 Å². The molecule has 0 aliphatic carbocycles. The molecular formula is C8H9NO4. The van der Waals surface area contributed by atoms with Gasteiger partial charge in [0, 0.05) is 0 Å². The molecule has 0 spiro atoms. The van der Waals surface area contributed by atoms with Crippen LogP contribution in [0.25, 0.3) is 0 Å². The zero-order valence-corrected chi connectivity index (χ0v) is 7.58. The molecular weight excluding hydrogens is 174 g/mol. The first-order valence-electron chi connectivity index (χ1n) is 3.63. The van der Waals surface area contributed by atoms with Crippen LogP contribution in [-0.2, 0) is 9.53 Å². The lowest BCUT2D eigenvalue weighted by molar-refractivity contribution is -0.135. The molecule has 0 unspecified atom stereocenters. The number of aromatic nitrogens is 1. The van der Waals surface area contributed by atoms with Gasteiger partial charge in [0.1, 0.15) is 5.76 Å². The van der Waals surface area contributed by atoms with Crippen molar-refractivity contribution in [3.05, 3.63) is 17.0 Å². The predicted molar refractivity (Wildman–Crippen MR) is 42.3 cm³/mol. The maximum atomic E-state index is 11.3. The SMILES string of the molecule is COC(=O)C(=O)c1c(C)noc1C. The smallest absolute Gasteiger partial charge is 0.379 e. The summed E-state index contributed by atoms with van der Waals surface area (Å²) < 4.78 is 9.02. The van der Waals surface area contributed by atoms with Crippen LogP contribution in [0.4, 0.5) is 0 Å². The van der Waals surface area contributed by atoms with E-state index in [2.05, 4.69) is 9.89 Å². The maximum Gasteiger partial charge on any atom is 0.379 e. The fourth-order valence-electron chi connectivity index (χ4n) is 1.00. The van der Waals surface area contributed by atoms with E-state index in [-0.39, 0.29) is 5.56 Å². The van der Waals surface area contributed by atoms with Gasteiger partial charge in [-0.05, 0) is 13.8 Å². The standard InChI is InChI=1S/C8H9NO4/c1-4-6(5(2)13-9-4)7(10)8(11)12-3/h1-3H3. The molecule has 5 nitrogen and oxygen atoms in total. The first-order chi connectivity index (χ1) is 6.07. The summed E-state index contributed by atoms with van der Waals surface area (Å²) in [6.45, 7) is 3.16. The summed E-state index contributed by atoms with van der Waals surface area (Å²) in [5.41, 5.74) is 0.583. The number of nitrogens with zero attached hydrogens (tertiary/aromatic N) is 1. The van der Waals surface area contributed by atoms with Gasteiger partial charge >= 0.3 is 5.97 Å². The van der Waals surface area contributed by atoms with Crippen molar-refractivity contribution in [1.82, 2.24) is 5.16 Å². The quantitative estimate of drug-likeness (QED) is 0.382. The highest BCUT2D eigenvalue weighted by molar-refractivity contribution is 6.41. The summed E-state index contributed by atoms with van der Waals surface area (Å²) in [6, 6.07) is 0. The first kappa shape index (κ1) is 9.44. The van der Waals surface area contributed by atoms with Crippen molar-refractivity contribution in [2.75, 3.05) is 7.11 Å². The summed E-state index contributed by atoms with van der Waals surface area (Å²) >= 11 is 0. The van der Waals surface area contributed by atoms with E-state index in [1.165, 1.54) is 0 Å². The Morgan fingerprint density at radius 3 is 2.38 bits per heavy atom. The number of carbonyl (C=O) groups excluding carboxylic acids is 2. The number of hydrogen-bond donors (Lipinski definition) is 0. The molecule has 0 fully saturated rings. The molecule has 5 heteroatoms. The highest BCUT2D eigenvalue weighted by atomic mass is 16.5. The second-order valence-electron chi connectivity index (χ2n) is 2.52. The Bertz CT molecular complexity index is 334. The van der Waals surface area contributed by atoms with Crippen LogP contribution in [-0.4, -0.2) is 24.0 Å². The third-order valence-electron chi connectivity index (χ3n) is 1.63. The molecule has 0 N–H and O–H groups in total. The third-order valence-corrected chi connectivity index (χ3v) is 1.63. The first-order valence-corrected chi connectivity index (χ1v) is 3.63. The molecule has 0 amide bonds. The van der Waals surface area contributed by atoms with Crippen LogP contribution in [0.3, 0.4) is 0 Å². The molecule has 13 heavy (non-hydrogen) atoms. The third kappa shape index (κ3) is 1.58. The second-order valence-corrected chi connectivity index (χ2v) is 2.52. The lowest BCUT2D eigenvalue weighted by Crippen LogP contribution is -2.16. The number of methoxy groups -OCH3 is 1. The number of esters is 1. The van der Waals surface area contributed by atoms with Gasteiger partial charge in [-0.2, -0.15) is 0 Å². The van der Waals surface area contributed by atoms with E-state index in [4.69, 9.17) is 4.52 Å². The van der Waals surface area contributed by atoms with Crippen molar-refractivity contribution >= 4 is 11.8 Å². The average molecular weight is 183 g/mol.